The zero-order valence-electron chi connectivity index (χ0n) is 27.1. The van der Waals surface area contributed by atoms with E-state index in [1.54, 1.807) is 6.07 Å². The summed E-state index contributed by atoms with van der Waals surface area (Å²) in [4.78, 5) is 36.0. The molecule has 7 nitrogen and oxygen atoms in total. The van der Waals surface area contributed by atoms with Crippen molar-refractivity contribution in [2.75, 3.05) is 0 Å². The molecule has 1 aliphatic heterocycles. The normalized spacial score (nSPS) is 16.5. The van der Waals surface area contributed by atoms with Gasteiger partial charge in [0, 0.05) is 0 Å². The molecule has 0 saturated heterocycles. The fourth-order valence-electron chi connectivity index (χ4n) is 5.38. The Labute approximate surface area is 261 Å². The third-order valence-electron chi connectivity index (χ3n) is 8.35. The molecular weight excluding hydrogens is 556 g/mol. The van der Waals surface area contributed by atoms with Crippen molar-refractivity contribution in [1.29, 1.82) is 0 Å². The predicted molar refractivity (Wildman–Crippen MR) is 173 cm³/mol. The molecule has 0 amide bonds. The molecule has 0 unspecified atom stereocenters. The molecule has 44 heavy (non-hydrogen) atoms. The maximum absolute atomic E-state index is 13.0. The lowest BCUT2D eigenvalue weighted by Crippen LogP contribution is -2.36. The Kier molecular flexibility index (Phi) is 11.7. The number of hydrogen-bond donors (Lipinski definition) is 2. The van der Waals surface area contributed by atoms with Crippen LogP contribution in [0, 0.1) is 13.8 Å². The number of aryl methyl sites for hydroxylation is 1. The van der Waals surface area contributed by atoms with Crippen LogP contribution in [-0.2, 0) is 6.42 Å². The molecule has 0 aromatic heterocycles. The Morgan fingerprint density at radius 3 is 2.11 bits per heavy atom. The van der Waals surface area contributed by atoms with E-state index >= 15 is 0 Å². The molecule has 2 N–H and O–H groups in total. The molecule has 236 valence electrons. The van der Waals surface area contributed by atoms with Crippen molar-refractivity contribution in [2.24, 2.45) is 0 Å². The summed E-state index contributed by atoms with van der Waals surface area (Å²) in [7, 11) is 0. The number of ether oxygens (including phenoxy) is 2. The summed E-state index contributed by atoms with van der Waals surface area (Å²) in [5, 5.41) is 18.8. The number of carboxylic acid groups (broad SMARTS) is 2. The maximum Gasteiger partial charge on any atom is 0.344 e. The molecule has 3 rings (SSSR count). The minimum Gasteiger partial charge on any atom is -0.487 e. The number of carboxylic acids is 2. The van der Waals surface area contributed by atoms with Crippen LogP contribution in [0.4, 0.5) is 0 Å². The first-order chi connectivity index (χ1) is 20.7. The molecule has 2 aromatic carbocycles. The monoisotopic (exact) mass is 602 g/mol. The Hall–Kier alpha value is -4.13. The third kappa shape index (κ3) is 9.18. The lowest BCUT2D eigenvalue weighted by atomic mass is 9.86. The first-order valence-electron chi connectivity index (χ1n) is 15.3. The first-order valence-corrected chi connectivity index (χ1v) is 15.3. The van der Waals surface area contributed by atoms with E-state index in [-0.39, 0.29) is 16.7 Å². The second-order valence-corrected chi connectivity index (χ2v) is 12.4. The van der Waals surface area contributed by atoms with E-state index in [0.29, 0.717) is 5.75 Å². The first kappa shape index (κ1) is 34.4. The number of carbonyl (C=O) groups excluding carboxylic acids is 1. The van der Waals surface area contributed by atoms with Crippen molar-refractivity contribution in [3.63, 3.8) is 0 Å². The number of rotatable bonds is 13. The lowest BCUT2D eigenvalue weighted by molar-refractivity contribution is 0.0556. The topological polar surface area (TPSA) is 110 Å². The molecule has 0 aliphatic carbocycles. The second-order valence-electron chi connectivity index (χ2n) is 12.4. The quantitative estimate of drug-likeness (QED) is 0.134. The van der Waals surface area contributed by atoms with Crippen molar-refractivity contribution < 1.29 is 34.1 Å². The molecule has 0 saturated carbocycles. The van der Waals surface area contributed by atoms with Crippen molar-refractivity contribution in [1.82, 2.24) is 0 Å². The summed E-state index contributed by atoms with van der Waals surface area (Å²) in [6, 6.07) is 5.11. The zero-order valence-corrected chi connectivity index (χ0v) is 27.1. The Morgan fingerprint density at radius 2 is 1.50 bits per heavy atom. The summed E-state index contributed by atoms with van der Waals surface area (Å²) in [6.45, 7) is 14.6. The standard InChI is InChI=1S/C37H46O7/c1-23(2)11-8-12-24(3)13-9-14-25(4)15-10-19-37(7)20-18-28-22-32(26(5)27(6)33(28)44-37)43-36(42)30-17-16-29(34(38)39)21-31(30)35(40)41/h11,13,15-17,21-22H,8-10,12,14,18-20H2,1-7H3,(H,38,39)(H,40,41)/b24-13+,25-15+/t37-/m1/s1. The van der Waals surface area contributed by atoms with Gasteiger partial charge in [-0.1, -0.05) is 34.9 Å². The van der Waals surface area contributed by atoms with Crippen LogP contribution >= 0.6 is 0 Å². The van der Waals surface area contributed by atoms with Gasteiger partial charge in [-0.15, -0.1) is 0 Å². The van der Waals surface area contributed by atoms with E-state index in [0.717, 1.165) is 79.9 Å². The highest BCUT2D eigenvalue weighted by Crippen LogP contribution is 2.42. The molecule has 7 heteroatoms. The summed E-state index contributed by atoms with van der Waals surface area (Å²) >= 11 is 0. The summed E-state index contributed by atoms with van der Waals surface area (Å²) < 4.78 is 12.3. The minimum atomic E-state index is -1.41. The summed E-state index contributed by atoms with van der Waals surface area (Å²) in [5.74, 6) is -2.41. The smallest absolute Gasteiger partial charge is 0.344 e. The maximum atomic E-state index is 13.0. The van der Waals surface area contributed by atoms with Crippen molar-refractivity contribution in [3.05, 3.63) is 92.6 Å². The number of esters is 1. The van der Waals surface area contributed by atoms with Gasteiger partial charge in [0.05, 0.1) is 16.7 Å². The van der Waals surface area contributed by atoms with Gasteiger partial charge in [-0.3, -0.25) is 0 Å². The minimum absolute atomic E-state index is 0.213. The van der Waals surface area contributed by atoms with Crippen LogP contribution in [-0.4, -0.2) is 33.7 Å². The van der Waals surface area contributed by atoms with Crippen LogP contribution in [0.15, 0.2) is 59.2 Å². The largest absolute Gasteiger partial charge is 0.487 e. The lowest BCUT2D eigenvalue weighted by Gasteiger charge is -2.37. The SMILES string of the molecule is CC(C)=CCC/C(C)=C/CC/C(C)=C/CC[C@]1(C)CCc2cc(OC(=O)c3ccc(C(=O)O)cc3C(=O)O)c(C)c(C)c2O1. The van der Waals surface area contributed by atoms with Crippen LogP contribution in [0.5, 0.6) is 11.5 Å². The van der Waals surface area contributed by atoms with E-state index in [1.165, 1.54) is 28.9 Å². The Morgan fingerprint density at radius 1 is 0.864 bits per heavy atom. The fraction of sp³-hybridized carbons (Fsp3) is 0.432. The van der Waals surface area contributed by atoms with E-state index in [9.17, 15) is 24.6 Å². The number of hydrogen-bond acceptors (Lipinski definition) is 5. The molecule has 0 fully saturated rings. The fourth-order valence-corrected chi connectivity index (χ4v) is 5.38. The summed E-state index contributed by atoms with van der Waals surface area (Å²) in [6.07, 6.45) is 14.7. The van der Waals surface area contributed by atoms with E-state index in [4.69, 9.17) is 9.47 Å². The molecule has 2 aromatic rings. The highest BCUT2D eigenvalue weighted by Gasteiger charge is 2.33. The Bertz CT molecular complexity index is 1500. The van der Waals surface area contributed by atoms with Crippen LogP contribution in [0.3, 0.4) is 0 Å². The second kappa shape index (κ2) is 15.0. The summed E-state index contributed by atoms with van der Waals surface area (Å²) in [5.41, 5.74) is 5.55. The van der Waals surface area contributed by atoms with E-state index in [1.807, 2.05) is 13.8 Å². The van der Waals surface area contributed by atoms with Crippen LogP contribution in [0.2, 0.25) is 0 Å². The molecule has 1 atom stereocenters. The highest BCUT2D eigenvalue weighted by atomic mass is 16.5. The van der Waals surface area contributed by atoms with Crippen molar-refractivity contribution >= 4 is 17.9 Å². The van der Waals surface area contributed by atoms with Gasteiger partial charge in [0.2, 0.25) is 0 Å². The van der Waals surface area contributed by atoms with E-state index in [2.05, 4.69) is 52.8 Å². The number of aromatic carboxylic acids is 2. The Balaban J connectivity index is 1.64. The molecular formula is C37H46O7. The van der Waals surface area contributed by atoms with Crippen LogP contribution in [0.1, 0.15) is 127 Å². The van der Waals surface area contributed by atoms with E-state index < -0.39 is 23.5 Å². The van der Waals surface area contributed by atoms with Gasteiger partial charge in [-0.05, 0) is 141 Å². The van der Waals surface area contributed by atoms with Gasteiger partial charge in [-0.25, -0.2) is 14.4 Å². The number of carbonyl (C=O) groups is 3. The molecule has 0 spiro atoms. The van der Waals surface area contributed by atoms with Crippen LogP contribution < -0.4 is 9.47 Å². The highest BCUT2D eigenvalue weighted by molar-refractivity contribution is 6.05. The average molecular weight is 603 g/mol. The van der Waals surface area contributed by atoms with Crippen LogP contribution in [0.25, 0.3) is 0 Å². The average Bonchev–Trinajstić information content (AvgIpc) is 2.95. The number of benzene rings is 2. The zero-order chi connectivity index (χ0) is 32.6. The van der Waals surface area contributed by atoms with Crippen molar-refractivity contribution in [2.45, 2.75) is 105 Å². The molecule has 0 bridgehead atoms. The number of allylic oxidation sites excluding steroid dienone is 6. The predicted octanol–water partition coefficient (Wildman–Crippen LogP) is 9.20. The van der Waals surface area contributed by atoms with Crippen molar-refractivity contribution in [3.8, 4) is 11.5 Å². The molecule has 1 aliphatic rings. The number of fused-ring (bicyclic) bond motifs is 1. The molecule has 1 heterocycles. The van der Waals surface area contributed by atoms with Gasteiger partial charge in [0.1, 0.15) is 17.1 Å². The van der Waals surface area contributed by atoms with Gasteiger partial charge in [0.25, 0.3) is 0 Å². The molecule has 0 radical (unpaired) electrons. The van der Waals surface area contributed by atoms with Gasteiger partial charge < -0.3 is 19.7 Å². The van der Waals surface area contributed by atoms with Gasteiger partial charge in [0.15, 0.2) is 0 Å². The van der Waals surface area contributed by atoms with Gasteiger partial charge >= 0.3 is 17.9 Å². The third-order valence-corrected chi connectivity index (χ3v) is 8.35. The van der Waals surface area contributed by atoms with Gasteiger partial charge in [-0.2, -0.15) is 0 Å².